The molecule has 0 heterocycles. The highest BCUT2D eigenvalue weighted by atomic mass is 15.1. The Labute approximate surface area is 351 Å². The third kappa shape index (κ3) is 6.46. The van der Waals surface area contributed by atoms with Gasteiger partial charge in [-0.05, 0) is 153 Å². The van der Waals surface area contributed by atoms with E-state index in [9.17, 15) is 0 Å². The molecule has 0 N–H and O–H groups in total. The van der Waals surface area contributed by atoms with E-state index in [0.29, 0.717) is 11.8 Å². The maximum absolute atomic E-state index is 2.58. The van der Waals surface area contributed by atoms with E-state index in [1.807, 2.05) is 0 Å². The van der Waals surface area contributed by atoms with E-state index < -0.39 is 0 Å². The van der Waals surface area contributed by atoms with E-state index in [1.54, 1.807) is 0 Å². The largest absolute Gasteiger partial charge is 0.310 e. The van der Waals surface area contributed by atoms with E-state index in [2.05, 4.69) is 183 Å². The Morgan fingerprint density at radius 1 is 0.458 bits per heavy atom. The maximum Gasteiger partial charge on any atom is 0.0543 e. The third-order valence-electron chi connectivity index (χ3n) is 15.0. The third-order valence-corrected chi connectivity index (χ3v) is 15.0. The summed E-state index contributed by atoms with van der Waals surface area (Å²) in [7, 11) is 0. The molecule has 292 valence electrons. The lowest BCUT2D eigenvalue weighted by molar-refractivity contribution is 0.420. The molecule has 1 heteroatoms. The molecule has 3 unspecified atom stereocenters. The Morgan fingerprint density at radius 2 is 1.15 bits per heavy atom. The number of hydrogen-bond donors (Lipinski definition) is 0. The molecule has 0 aromatic heterocycles. The van der Waals surface area contributed by atoms with E-state index in [-0.39, 0.29) is 5.41 Å². The van der Waals surface area contributed by atoms with Crippen LogP contribution in [0, 0.1) is 11.8 Å². The summed E-state index contributed by atoms with van der Waals surface area (Å²) in [5, 5.41) is 0. The van der Waals surface area contributed by atoms with E-state index in [0.717, 1.165) is 11.8 Å². The van der Waals surface area contributed by atoms with Gasteiger partial charge in [-0.3, -0.25) is 0 Å². The van der Waals surface area contributed by atoms with Crippen LogP contribution in [0.2, 0.25) is 0 Å². The minimum Gasteiger partial charge on any atom is -0.310 e. The first-order chi connectivity index (χ1) is 29.0. The summed E-state index contributed by atoms with van der Waals surface area (Å²) in [5.74, 6) is 3.11. The number of anilines is 3. The summed E-state index contributed by atoms with van der Waals surface area (Å²) in [6.45, 7) is 4.82. The summed E-state index contributed by atoms with van der Waals surface area (Å²) in [4.78, 5) is 2.58. The number of nitrogens with zero attached hydrogens (tertiary/aromatic N) is 1. The average molecular weight is 766 g/mol. The highest BCUT2D eigenvalue weighted by molar-refractivity contribution is 5.95. The summed E-state index contributed by atoms with van der Waals surface area (Å²) in [6, 6.07) is 62.7. The Hall–Kier alpha value is -5.66. The van der Waals surface area contributed by atoms with Gasteiger partial charge >= 0.3 is 0 Å². The molecule has 4 aliphatic carbocycles. The van der Waals surface area contributed by atoms with Crippen LogP contribution in [0.4, 0.5) is 17.1 Å². The van der Waals surface area contributed by atoms with Crippen LogP contribution in [-0.4, -0.2) is 0 Å². The molecule has 3 saturated carbocycles. The standard InChI is InChI=1S/C58H55N/c1-58(2)55-23-12-11-22-51(55)54-37-53(44-28-26-41(27-29-44)40-14-5-3-6-15-40)57(38-56(54)58)59(47-32-30-43(31-33-47)52-35-39-24-25-46(52)34-39)48-19-13-18-45(36-48)50-21-10-9-20-49(50)42-16-7-4-8-17-42/h3,5-6,9-15,18-23,26-33,36-39,42,46,52H,4,7-8,16-17,24-25,34-35H2,1-2H3. The fraction of sp³-hybridized carbons (Fsp3) is 0.276. The first-order valence-electron chi connectivity index (χ1n) is 22.5. The van der Waals surface area contributed by atoms with E-state index in [4.69, 9.17) is 0 Å². The fourth-order valence-electron chi connectivity index (χ4n) is 11.9. The molecule has 0 aliphatic heterocycles. The van der Waals surface area contributed by atoms with E-state index >= 15 is 0 Å². The monoisotopic (exact) mass is 765 g/mol. The lowest BCUT2D eigenvalue weighted by Gasteiger charge is -2.31. The minimum absolute atomic E-state index is 0.130. The van der Waals surface area contributed by atoms with Gasteiger partial charge in [-0.2, -0.15) is 0 Å². The second-order valence-electron chi connectivity index (χ2n) is 18.7. The minimum atomic E-state index is -0.130. The van der Waals surface area contributed by atoms with Crippen LogP contribution in [0.3, 0.4) is 0 Å². The van der Waals surface area contributed by atoms with Crippen molar-refractivity contribution < 1.29 is 0 Å². The van der Waals surface area contributed by atoms with Gasteiger partial charge in [-0.15, -0.1) is 0 Å². The van der Waals surface area contributed by atoms with Crippen molar-refractivity contribution in [2.75, 3.05) is 4.90 Å². The maximum atomic E-state index is 2.58. The summed E-state index contributed by atoms with van der Waals surface area (Å²) in [6.07, 6.45) is 12.2. The van der Waals surface area contributed by atoms with Crippen molar-refractivity contribution in [1.29, 1.82) is 0 Å². The first-order valence-corrected chi connectivity index (χ1v) is 22.5. The zero-order valence-corrected chi connectivity index (χ0v) is 34.7. The average Bonchev–Trinajstić information content (AvgIpc) is 4.00. The van der Waals surface area contributed by atoms with Crippen LogP contribution in [0.5, 0.6) is 0 Å². The van der Waals surface area contributed by atoms with Crippen molar-refractivity contribution in [2.45, 2.75) is 88.9 Å². The van der Waals surface area contributed by atoms with Gasteiger partial charge < -0.3 is 4.90 Å². The highest BCUT2D eigenvalue weighted by Crippen LogP contribution is 2.55. The molecule has 1 nitrogen and oxygen atoms in total. The van der Waals surface area contributed by atoms with E-state index in [1.165, 1.54) is 142 Å². The van der Waals surface area contributed by atoms with Crippen LogP contribution < -0.4 is 4.90 Å². The topological polar surface area (TPSA) is 3.24 Å². The predicted octanol–water partition coefficient (Wildman–Crippen LogP) is 16.4. The molecule has 0 amide bonds. The number of benzene rings is 7. The SMILES string of the molecule is CC1(C)c2ccccc2-c2cc(-c3ccc(-c4ccccc4)cc3)c(N(c3ccc(C4CC5CCC4C5)cc3)c3cccc(-c4ccccc4C4CCCCC4)c3)cc21. The predicted molar refractivity (Wildman–Crippen MR) is 249 cm³/mol. The molecule has 2 bridgehead atoms. The molecule has 0 saturated heterocycles. The van der Waals surface area contributed by atoms with Gasteiger partial charge in [-0.25, -0.2) is 0 Å². The normalized spacial score (nSPS) is 20.3. The highest BCUT2D eigenvalue weighted by Gasteiger charge is 2.40. The van der Waals surface area contributed by atoms with Crippen LogP contribution in [0.15, 0.2) is 164 Å². The molecule has 7 aromatic carbocycles. The van der Waals surface area contributed by atoms with Gasteiger partial charge in [-0.1, -0.05) is 167 Å². The van der Waals surface area contributed by atoms with Gasteiger partial charge in [0.2, 0.25) is 0 Å². The zero-order chi connectivity index (χ0) is 39.5. The Bertz CT molecular complexity index is 2630. The molecule has 4 aliphatic rings. The Kier molecular flexibility index (Phi) is 9.18. The van der Waals surface area contributed by atoms with Gasteiger partial charge in [0.15, 0.2) is 0 Å². The first kappa shape index (κ1) is 36.4. The molecule has 11 rings (SSSR count). The van der Waals surface area contributed by atoms with Crippen molar-refractivity contribution in [3.05, 3.63) is 186 Å². The second kappa shape index (κ2) is 14.9. The molecular formula is C58H55N. The molecule has 0 radical (unpaired) electrons. The Morgan fingerprint density at radius 3 is 1.92 bits per heavy atom. The van der Waals surface area contributed by atoms with Gasteiger partial charge in [0.1, 0.15) is 0 Å². The van der Waals surface area contributed by atoms with Gasteiger partial charge in [0.25, 0.3) is 0 Å². The van der Waals surface area contributed by atoms with Crippen molar-refractivity contribution in [1.82, 2.24) is 0 Å². The van der Waals surface area contributed by atoms with Crippen molar-refractivity contribution >= 4 is 17.1 Å². The fourth-order valence-corrected chi connectivity index (χ4v) is 11.9. The summed E-state index contributed by atoms with van der Waals surface area (Å²) in [5.41, 5.74) is 19.7. The molecular weight excluding hydrogens is 711 g/mol. The smallest absolute Gasteiger partial charge is 0.0543 e. The number of hydrogen-bond acceptors (Lipinski definition) is 1. The lowest BCUT2D eigenvalue weighted by Crippen LogP contribution is -2.17. The van der Waals surface area contributed by atoms with Gasteiger partial charge in [0.05, 0.1) is 5.69 Å². The molecule has 3 fully saturated rings. The number of fused-ring (bicyclic) bond motifs is 5. The van der Waals surface area contributed by atoms with Crippen molar-refractivity contribution in [3.63, 3.8) is 0 Å². The molecule has 7 aromatic rings. The quantitative estimate of drug-likeness (QED) is 0.149. The second-order valence-corrected chi connectivity index (χ2v) is 18.7. The molecule has 3 atom stereocenters. The van der Waals surface area contributed by atoms with Crippen molar-refractivity contribution in [2.24, 2.45) is 11.8 Å². The molecule has 0 spiro atoms. The Balaban J connectivity index is 1.10. The lowest BCUT2D eigenvalue weighted by atomic mass is 9.81. The van der Waals surface area contributed by atoms with Gasteiger partial charge in [0, 0.05) is 22.4 Å². The van der Waals surface area contributed by atoms with Crippen LogP contribution in [0.25, 0.3) is 44.5 Å². The zero-order valence-electron chi connectivity index (χ0n) is 34.7. The van der Waals surface area contributed by atoms with Crippen LogP contribution >= 0.6 is 0 Å². The summed E-state index contributed by atoms with van der Waals surface area (Å²) < 4.78 is 0. The van der Waals surface area contributed by atoms with Crippen LogP contribution in [-0.2, 0) is 5.41 Å². The molecule has 59 heavy (non-hydrogen) atoms. The van der Waals surface area contributed by atoms with Crippen molar-refractivity contribution in [3.8, 4) is 44.5 Å². The van der Waals surface area contributed by atoms with Crippen LogP contribution in [0.1, 0.15) is 106 Å². The number of rotatable bonds is 8. The summed E-state index contributed by atoms with van der Waals surface area (Å²) >= 11 is 0.